The molecule has 14 aromatic carbocycles. The molecule has 0 saturated carbocycles. The van der Waals surface area contributed by atoms with E-state index in [2.05, 4.69) is 289 Å². The minimum Gasteiger partial charge on any atom is -0.452 e. The van der Waals surface area contributed by atoms with E-state index in [-0.39, 0.29) is 0 Å². The highest BCUT2D eigenvalue weighted by atomic mass is 16.4. The maximum Gasteiger partial charge on any atom is 0.179 e. The van der Waals surface area contributed by atoms with E-state index < -0.39 is 0 Å². The summed E-state index contributed by atoms with van der Waals surface area (Å²) in [5.74, 6) is 0. The van der Waals surface area contributed by atoms with Gasteiger partial charge in [-0.3, -0.25) is 0 Å². The van der Waals surface area contributed by atoms with Crippen LogP contribution in [-0.4, -0.2) is 0 Å². The third-order valence-corrected chi connectivity index (χ3v) is 15.9. The zero-order chi connectivity index (χ0) is 51.3. The van der Waals surface area contributed by atoms with Gasteiger partial charge in [-0.15, -0.1) is 0 Å². The summed E-state index contributed by atoms with van der Waals surface area (Å²) in [5, 5.41) is 15.8. The summed E-state index contributed by atoms with van der Waals surface area (Å²) < 4.78 is 14.4. The highest BCUT2D eigenvalue weighted by Gasteiger charge is 2.27. The number of hydrogen-bond donors (Lipinski definition) is 0. The van der Waals surface area contributed by atoms with Gasteiger partial charge in [0.05, 0.1) is 11.4 Å². The minimum atomic E-state index is 0.752. The van der Waals surface area contributed by atoms with Gasteiger partial charge < -0.3 is 18.6 Å². The SMILES string of the molecule is c1ccc(N(c2ccccc2)c2c3ccccc3c(-c3ccc4c(c3)oc3c5oc6cc(-c7c8ccccc8c(N(c8ccccc8)c8ccccc8)c8ccccc78)ccc6c5c5ccccc5c43)c3ccccc23)cc1. The van der Waals surface area contributed by atoms with Crippen molar-refractivity contribution < 1.29 is 8.83 Å². The molecule has 2 heterocycles. The van der Waals surface area contributed by atoms with E-state index in [0.717, 1.165) is 121 Å². The van der Waals surface area contributed by atoms with Crippen molar-refractivity contribution in [2.45, 2.75) is 0 Å². The third kappa shape index (κ3) is 6.66. The molecule has 0 aliphatic carbocycles. The monoisotopic (exact) mass is 994 g/mol. The van der Waals surface area contributed by atoms with Crippen LogP contribution in [0, 0.1) is 0 Å². The number of fused-ring (bicyclic) bond motifs is 14. The van der Waals surface area contributed by atoms with E-state index in [1.165, 1.54) is 32.7 Å². The molecule has 0 atom stereocenters. The Labute approximate surface area is 449 Å². The molecule has 16 aromatic rings. The first-order valence-corrected chi connectivity index (χ1v) is 26.7. The Morgan fingerprint density at radius 2 is 0.474 bits per heavy atom. The lowest BCUT2D eigenvalue weighted by atomic mass is 9.89. The predicted octanol–water partition coefficient (Wildman–Crippen LogP) is 21.5. The first-order chi connectivity index (χ1) is 38.7. The molecule has 0 spiro atoms. The van der Waals surface area contributed by atoms with Crippen molar-refractivity contribution in [3.05, 3.63) is 279 Å². The molecular formula is C74H46N2O2. The number of benzene rings is 14. The smallest absolute Gasteiger partial charge is 0.179 e. The van der Waals surface area contributed by atoms with Crippen LogP contribution in [0.2, 0.25) is 0 Å². The highest BCUT2D eigenvalue weighted by Crippen LogP contribution is 2.52. The molecule has 0 saturated heterocycles. The van der Waals surface area contributed by atoms with Crippen LogP contribution < -0.4 is 9.80 Å². The van der Waals surface area contributed by atoms with Gasteiger partial charge in [-0.05, 0) is 127 Å². The van der Waals surface area contributed by atoms with Crippen LogP contribution >= 0.6 is 0 Å². The van der Waals surface area contributed by atoms with Gasteiger partial charge in [-0.25, -0.2) is 0 Å². The summed E-state index contributed by atoms with van der Waals surface area (Å²) >= 11 is 0. The summed E-state index contributed by atoms with van der Waals surface area (Å²) in [6, 6.07) is 100. The second-order valence-electron chi connectivity index (χ2n) is 20.2. The number of nitrogens with zero attached hydrogens (tertiary/aromatic N) is 2. The first kappa shape index (κ1) is 43.9. The van der Waals surface area contributed by atoms with Gasteiger partial charge >= 0.3 is 0 Å². The van der Waals surface area contributed by atoms with Gasteiger partial charge in [0, 0.05) is 65.8 Å². The summed E-state index contributed by atoms with van der Waals surface area (Å²) in [4.78, 5) is 4.80. The molecule has 4 heteroatoms. The van der Waals surface area contributed by atoms with Gasteiger partial charge in [-0.2, -0.15) is 0 Å². The molecule has 0 aliphatic heterocycles. The fraction of sp³-hybridized carbons (Fsp3) is 0. The van der Waals surface area contributed by atoms with Crippen molar-refractivity contribution in [2.75, 3.05) is 9.80 Å². The van der Waals surface area contributed by atoms with Gasteiger partial charge in [0.2, 0.25) is 0 Å². The number of furan rings is 2. The van der Waals surface area contributed by atoms with Crippen LogP contribution in [-0.2, 0) is 0 Å². The lowest BCUT2D eigenvalue weighted by Crippen LogP contribution is -2.11. The summed E-state index contributed by atoms with van der Waals surface area (Å²) in [6.07, 6.45) is 0. The maximum absolute atomic E-state index is 7.20. The van der Waals surface area contributed by atoms with Crippen molar-refractivity contribution in [3.8, 4) is 22.3 Å². The number of para-hydroxylation sites is 4. The quantitative estimate of drug-likeness (QED) is 0.142. The van der Waals surface area contributed by atoms with E-state index in [4.69, 9.17) is 8.83 Å². The lowest BCUT2D eigenvalue weighted by molar-refractivity contribution is 0.634. The molecule has 16 rings (SSSR count). The van der Waals surface area contributed by atoms with Crippen molar-refractivity contribution in [3.63, 3.8) is 0 Å². The van der Waals surface area contributed by atoms with Crippen LogP contribution in [0.15, 0.2) is 288 Å². The second-order valence-corrected chi connectivity index (χ2v) is 20.2. The fourth-order valence-corrected chi connectivity index (χ4v) is 12.7. The van der Waals surface area contributed by atoms with Crippen LogP contribution in [0.1, 0.15) is 0 Å². The molecule has 4 nitrogen and oxygen atoms in total. The lowest BCUT2D eigenvalue weighted by Gasteiger charge is -2.29. The zero-order valence-electron chi connectivity index (χ0n) is 42.3. The van der Waals surface area contributed by atoms with Crippen molar-refractivity contribution in [1.29, 1.82) is 0 Å². The molecule has 0 amide bonds. The molecule has 0 aliphatic rings. The number of rotatable bonds is 8. The molecule has 0 bridgehead atoms. The van der Waals surface area contributed by atoms with Crippen LogP contribution in [0.5, 0.6) is 0 Å². The Morgan fingerprint density at radius 1 is 0.218 bits per heavy atom. The normalized spacial score (nSPS) is 11.8. The Bertz CT molecular complexity index is 4510. The van der Waals surface area contributed by atoms with Gasteiger partial charge in [0.15, 0.2) is 11.2 Å². The summed E-state index contributed by atoms with van der Waals surface area (Å²) in [7, 11) is 0. The average Bonchev–Trinajstić information content (AvgIpc) is 4.27. The van der Waals surface area contributed by atoms with Crippen LogP contribution in [0.4, 0.5) is 34.1 Å². The second kappa shape index (κ2) is 17.6. The van der Waals surface area contributed by atoms with Crippen LogP contribution in [0.25, 0.3) is 120 Å². The molecule has 0 fully saturated rings. The Balaban J connectivity index is 0.899. The van der Waals surface area contributed by atoms with Crippen molar-refractivity contribution >= 4 is 132 Å². The third-order valence-electron chi connectivity index (χ3n) is 15.9. The minimum absolute atomic E-state index is 0.752. The molecular weight excluding hydrogens is 949 g/mol. The number of hydrogen-bond acceptors (Lipinski definition) is 4. The van der Waals surface area contributed by atoms with Crippen molar-refractivity contribution in [2.24, 2.45) is 0 Å². The van der Waals surface area contributed by atoms with E-state index in [1.807, 2.05) is 0 Å². The topological polar surface area (TPSA) is 32.8 Å². The van der Waals surface area contributed by atoms with Gasteiger partial charge in [0.25, 0.3) is 0 Å². The van der Waals surface area contributed by atoms with E-state index >= 15 is 0 Å². The standard InChI is InChI=1S/C74H46N2O2/c1-5-23-49(24-6-1)75(50-25-7-2-8-26-50)71-59-37-19-15-33-55(59)67(56-34-16-20-38-60(56)71)47-41-43-63-65(45-47)77-73-69(63)53-31-13-14-32-54(53)70-64-44-42-48(46-66(64)78-74(70)73)68-57-35-17-21-39-61(57)72(62-40-22-18-36-58(62)68)76(51-27-9-3-10-28-51)52-29-11-4-12-30-52/h1-46H. The highest BCUT2D eigenvalue weighted by molar-refractivity contribution is 6.34. The van der Waals surface area contributed by atoms with Crippen molar-refractivity contribution in [1.82, 2.24) is 0 Å². The van der Waals surface area contributed by atoms with Gasteiger partial charge in [0.1, 0.15) is 11.2 Å². The Kier molecular flexibility index (Phi) is 9.91. The van der Waals surface area contributed by atoms with E-state index in [0.29, 0.717) is 0 Å². The molecule has 0 N–H and O–H groups in total. The largest absolute Gasteiger partial charge is 0.452 e. The summed E-state index contributed by atoms with van der Waals surface area (Å²) in [5.41, 5.74) is 14.3. The molecule has 0 unspecified atom stereocenters. The average molecular weight is 995 g/mol. The first-order valence-electron chi connectivity index (χ1n) is 26.7. The zero-order valence-corrected chi connectivity index (χ0v) is 42.3. The van der Waals surface area contributed by atoms with E-state index in [9.17, 15) is 0 Å². The van der Waals surface area contributed by atoms with Crippen LogP contribution in [0.3, 0.4) is 0 Å². The molecule has 2 aromatic heterocycles. The van der Waals surface area contributed by atoms with E-state index in [1.54, 1.807) is 0 Å². The van der Waals surface area contributed by atoms with Gasteiger partial charge in [-0.1, -0.05) is 206 Å². The molecule has 78 heavy (non-hydrogen) atoms. The molecule has 0 radical (unpaired) electrons. The maximum atomic E-state index is 7.20. The fourth-order valence-electron chi connectivity index (χ4n) is 12.7. The predicted molar refractivity (Wildman–Crippen MR) is 329 cm³/mol. The number of anilines is 6. The molecule has 364 valence electrons. The summed E-state index contributed by atoms with van der Waals surface area (Å²) in [6.45, 7) is 0. The Hall–Kier alpha value is -10.4. The Morgan fingerprint density at radius 3 is 0.769 bits per heavy atom.